The maximum Gasteiger partial charge on any atom is 0.274 e. The number of fused-ring (bicyclic) bond motifs is 3. The number of nitrogens with zero attached hydrogens (tertiary/aromatic N) is 3. The molecule has 1 aliphatic heterocycles. The lowest BCUT2D eigenvalue weighted by Gasteiger charge is -2.60. The van der Waals surface area contributed by atoms with Crippen LogP contribution in [0.5, 0.6) is 0 Å². The van der Waals surface area contributed by atoms with Crippen molar-refractivity contribution in [1.82, 2.24) is 24.9 Å². The molecule has 4 atom stereocenters. The molecule has 2 amide bonds. The minimum absolute atomic E-state index is 0.0609. The minimum Gasteiger partial charge on any atom is -0.350 e. The van der Waals surface area contributed by atoms with Gasteiger partial charge in [0, 0.05) is 38.4 Å². The summed E-state index contributed by atoms with van der Waals surface area (Å²) in [6.45, 7) is 12.0. The van der Waals surface area contributed by atoms with Gasteiger partial charge in [-0.1, -0.05) is 33.8 Å². The minimum atomic E-state index is -0.0986. The second-order valence-electron chi connectivity index (χ2n) is 11.2. The summed E-state index contributed by atoms with van der Waals surface area (Å²) in [5, 5.41) is 6.57. The van der Waals surface area contributed by atoms with Crippen LogP contribution >= 0.6 is 0 Å². The summed E-state index contributed by atoms with van der Waals surface area (Å²) >= 11 is 0. The van der Waals surface area contributed by atoms with Gasteiger partial charge in [-0.25, -0.2) is 4.98 Å². The molecule has 7 nitrogen and oxygen atoms in total. The molecule has 6 rings (SSSR count). The van der Waals surface area contributed by atoms with Crippen LogP contribution in [0.1, 0.15) is 67.9 Å². The van der Waals surface area contributed by atoms with Crippen molar-refractivity contribution in [3.05, 3.63) is 35.8 Å². The maximum atomic E-state index is 13.3. The van der Waals surface area contributed by atoms with E-state index < -0.39 is 0 Å². The zero-order valence-corrected chi connectivity index (χ0v) is 20.3. The van der Waals surface area contributed by atoms with E-state index in [0.29, 0.717) is 53.3 Å². The van der Waals surface area contributed by atoms with Gasteiger partial charge < -0.3 is 15.5 Å². The molecular weight excluding hydrogens is 414 g/mol. The first-order valence-corrected chi connectivity index (χ1v) is 12.6. The van der Waals surface area contributed by atoms with Gasteiger partial charge in [0.05, 0.1) is 0 Å². The summed E-state index contributed by atoms with van der Waals surface area (Å²) in [6, 6.07) is 5.64. The fourth-order valence-corrected chi connectivity index (χ4v) is 6.54. The highest BCUT2D eigenvalue weighted by Gasteiger charge is 2.53. The first kappa shape index (κ1) is 22.4. The number of hydrogen-bond acceptors (Lipinski definition) is 4. The molecule has 0 spiro atoms. The highest BCUT2D eigenvalue weighted by molar-refractivity contribution is 5.95. The summed E-state index contributed by atoms with van der Waals surface area (Å²) in [7, 11) is 0. The monoisotopic (exact) mass is 451 g/mol. The van der Waals surface area contributed by atoms with Crippen molar-refractivity contribution in [1.29, 1.82) is 0 Å². The predicted molar refractivity (Wildman–Crippen MR) is 128 cm³/mol. The Morgan fingerprint density at radius 2 is 2.09 bits per heavy atom. The standard InChI is InChI=1S/C26H37N5O2/c1-16(2)22-14-27-10-11-30(22)25(33)20-15-31-21(6-5-7-23(31)29-20)24(32)28-13-17-8-9-18-12-19(17)26(18,3)4/h5-7,15-19,22,27H,8-14H2,1-4H3,(H,28,32)/t17-,18-,19+,22-/m0/s1. The van der Waals surface area contributed by atoms with Crippen LogP contribution in [-0.4, -0.2) is 58.3 Å². The molecule has 0 radical (unpaired) electrons. The van der Waals surface area contributed by atoms with Gasteiger partial charge >= 0.3 is 0 Å². The number of carbonyl (C=O) groups is 2. The Morgan fingerprint density at radius 1 is 1.27 bits per heavy atom. The Morgan fingerprint density at radius 3 is 2.82 bits per heavy atom. The molecule has 2 aromatic rings. The fourth-order valence-electron chi connectivity index (χ4n) is 6.54. The number of nitrogens with one attached hydrogen (secondary N) is 2. The zero-order chi connectivity index (χ0) is 23.3. The van der Waals surface area contributed by atoms with E-state index in [1.165, 1.54) is 19.3 Å². The predicted octanol–water partition coefficient (Wildman–Crippen LogP) is 3.21. The smallest absolute Gasteiger partial charge is 0.274 e. The molecule has 3 saturated carbocycles. The third-order valence-electron chi connectivity index (χ3n) is 8.78. The molecule has 4 aliphatic rings. The van der Waals surface area contributed by atoms with Crippen molar-refractivity contribution in [2.24, 2.45) is 29.1 Å². The van der Waals surface area contributed by atoms with Gasteiger partial charge in [-0.3, -0.25) is 14.0 Å². The second kappa shape index (κ2) is 8.42. The number of hydrogen-bond donors (Lipinski definition) is 2. The van der Waals surface area contributed by atoms with E-state index in [1.807, 2.05) is 23.1 Å². The number of rotatable bonds is 5. The summed E-state index contributed by atoms with van der Waals surface area (Å²) in [4.78, 5) is 33.0. The second-order valence-corrected chi connectivity index (χ2v) is 11.2. The van der Waals surface area contributed by atoms with E-state index in [2.05, 4.69) is 43.3 Å². The molecule has 7 heteroatoms. The van der Waals surface area contributed by atoms with E-state index in [9.17, 15) is 9.59 Å². The lowest BCUT2D eigenvalue weighted by Crippen LogP contribution is -2.55. The van der Waals surface area contributed by atoms with Crippen LogP contribution < -0.4 is 10.6 Å². The first-order chi connectivity index (χ1) is 15.8. The Kier molecular flexibility index (Phi) is 5.71. The molecule has 33 heavy (non-hydrogen) atoms. The topological polar surface area (TPSA) is 78.7 Å². The summed E-state index contributed by atoms with van der Waals surface area (Å²) in [6.07, 6.45) is 5.51. The largest absolute Gasteiger partial charge is 0.350 e. The lowest BCUT2D eigenvalue weighted by atomic mass is 9.45. The number of aromatic nitrogens is 2. The van der Waals surface area contributed by atoms with Crippen molar-refractivity contribution in [3.8, 4) is 0 Å². The fraction of sp³-hybridized carbons (Fsp3) is 0.654. The number of carbonyl (C=O) groups excluding carboxylic acids is 2. The molecule has 0 unspecified atom stereocenters. The normalized spacial score (nSPS) is 28.6. The van der Waals surface area contributed by atoms with Crippen LogP contribution in [0, 0.1) is 29.1 Å². The highest BCUT2D eigenvalue weighted by Crippen LogP contribution is 2.61. The van der Waals surface area contributed by atoms with Gasteiger partial charge in [0.2, 0.25) is 0 Å². The molecule has 0 aromatic carbocycles. The third kappa shape index (κ3) is 3.84. The van der Waals surface area contributed by atoms with Crippen molar-refractivity contribution in [3.63, 3.8) is 0 Å². The molecule has 2 aromatic heterocycles. The molecule has 3 aliphatic carbocycles. The molecule has 4 fully saturated rings. The van der Waals surface area contributed by atoms with Gasteiger partial charge in [0.1, 0.15) is 17.0 Å². The first-order valence-electron chi connectivity index (χ1n) is 12.6. The van der Waals surface area contributed by atoms with Gasteiger partial charge in [0.15, 0.2) is 0 Å². The van der Waals surface area contributed by atoms with Crippen LogP contribution in [0.3, 0.4) is 0 Å². The van der Waals surface area contributed by atoms with E-state index in [-0.39, 0.29) is 17.9 Å². The highest BCUT2D eigenvalue weighted by atomic mass is 16.2. The summed E-state index contributed by atoms with van der Waals surface area (Å²) in [5.74, 6) is 2.31. The van der Waals surface area contributed by atoms with Gasteiger partial charge in [-0.2, -0.15) is 0 Å². The van der Waals surface area contributed by atoms with E-state index >= 15 is 0 Å². The van der Waals surface area contributed by atoms with Crippen molar-refractivity contribution < 1.29 is 9.59 Å². The SMILES string of the molecule is CC(C)[C@@H]1CNCCN1C(=O)c1cn2c(C(=O)NC[C@@H]3CC[C@H]4C[C@H]3C4(C)C)cccc2n1. The van der Waals surface area contributed by atoms with Gasteiger partial charge in [0.25, 0.3) is 11.8 Å². The number of amides is 2. The molecular formula is C26H37N5O2. The average Bonchev–Trinajstić information content (AvgIpc) is 3.26. The number of imidazole rings is 1. The zero-order valence-electron chi connectivity index (χ0n) is 20.3. The van der Waals surface area contributed by atoms with Crippen LogP contribution in [-0.2, 0) is 0 Å². The van der Waals surface area contributed by atoms with Crippen LogP contribution in [0.2, 0.25) is 0 Å². The van der Waals surface area contributed by atoms with Crippen molar-refractivity contribution in [2.45, 2.75) is 53.0 Å². The Hall–Kier alpha value is -2.41. The quantitative estimate of drug-likeness (QED) is 0.732. The molecule has 3 heterocycles. The Labute approximate surface area is 196 Å². The number of pyridine rings is 1. The van der Waals surface area contributed by atoms with E-state index in [4.69, 9.17) is 0 Å². The van der Waals surface area contributed by atoms with Crippen molar-refractivity contribution in [2.75, 3.05) is 26.2 Å². The van der Waals surface area contributed by atoms with Crippen LogP contribution in [0.4, 0.5) is 0 Å². The van der Waals surface area contributed by atoms with Crippen molar-refractivity contribution >= 4 is 17.5 Å². The van der Waals surface area contributed by atoms with Crippen LogP contribution in [0.25, 0.3) is 5.65 Å². The molecule has 1 saturated heterocycles. The van der Waals surface area contributed by atoms with E-state index in [0.717, 1.165) is 19.0 Å². The van der Waals surface area contributed by atoms with Gasteiger partial charge in [-0.05, 0) is 60.5 Å². The maximum absolute atomic E-state index is 13.3. The molecule has 178 valence electrons. The number of piperazine rings is 1. The van der Waals surface area contributed by atoms with Crippen LogP contribution in [0.15, 0.2) is 24.4 Å². The summed E-state index contributed by atoms with van der Waals surface area (Å²) in [5.41, 5.74) is 1.96. The average molecular weight is 452 g/mol. The Bertz CT molecular complexity index is 1060. The van der Waals surface area contributed by atoms with E-state index in [1.54, 1.807) is 10.6 Å². The summed E-state index contributed by atoms with van der Waals surface area (Å²) < 4.78 is 1.76. The Balaban J connectivity index is 1.32. The lowest BCUT2D eigenvalue weighted by molar-refractivity contribution is -0.103. The molecule has 2 N–H and O–H groups in total. The van der Waals surface area contributed by atoms with Gasteiger partial charge in [-0.15, -0.1) is 0 Å². The molecule has 2 bridgehead atoms. The third-order valence-corrected chi connectivity index (χ3v) is 8.78.